The minimum Gasteiger partial charge on any atom is -0.245 e. The van der Waals surface area contributed by atoms with Crippen molar-refractivity contribution in [3.05, 3.63) is 15.6 Å². The summed E-state index contributed by atoms with van der Waals surface area (Å²) in [5, 5.41) is 0.867. The lowest BCUT2D eigenvalue weighted by Crippen LogP contribution is -2.42. The second-order valence-corrected chi connectivity index (χ2v) is 8.53. The molecule has 1 atom stereocenters. The van der Waals surface area contributed by atoms with E-state index in [2.05, 4.69) is 9.71 Å². The Morgan fingerprint density at radius 3 is 2.33 bits per heavy atom. The van der Waals surface area contributed by atoms with Gasteiger partial charge in [-0.25, -0.2) is 4.98 Å². The molecule has 7 heteroatoms. The predicted molar refractivity (Wildman–Crippen MR) is 86.7 cm³/mol. The zero-order chi connectivity index (χ0) is 15.5. The average molecular weight is 332 g/mol. The summed E-state index contributed by atoms with van der Waals surface area (Å²) in [7, 11) is -3.42. The maximum Gasteiger partial charge on any atom is 0.280 e. The molecule has 5 nitrogen and oxygen atoms in total. The highest BCUT2D eigenvalue weighted by atomic mass is 32.2. The highest BCUT2D eigenvalue weighted by Crippen LogP contribution is 2.26. The van der Waals surface area contributed by atoms with Gasteiger partial charge < -0.3 is 0 Å². The van der Waals surface area contributed by atoms with E-state index in [0.717, 1.165) is 41.3 Å². The second kappa shape index (κ2) is 7.17. The number of nitrogens with one attached hydrogen (secondary N) is 1. The normalized spacial score (nSPS) is 19.4. The lowest BCUT2D eigenvalue weighted by Gasteiger charge is -2.23. The molecule has 0 spiro atoms. The summed E-state index contributed by atoms with van der Waals surface area (Å²) in [6, 6.07) is -0.226. The molecule has 2 heterocycles. The van der Waals surface area contributed by atoms with Crippen molar-refractivity contribution in [2.75, 3.05) is 13.1 Å². The van der Waals surface area contributed by atoms with Gasteiger partial charge in [-0.05, 0) is 33.1 Å². The monoisotopic (exact) mass is 331 g/mol. The number of hydrogen-bond acceptors (Lipinski definition) is 4. The molecule has 1 aliphatic rings. The van der Waals surface area contributed by atoms with Crippen molar-refractivity contribution < 1.29 is 8.42 Å². The quantitative estimate of drug-likeness (QED) is 0.902. The topological polar surface area (TPSA) is 62.3 Å². The van der Waals surface area contributed by atoms with E-state index >= 15 is 0 Å². The van der Waals surface area contributed by atoms with Gasteiger partial charge in [-0.2, -0.15) is 17.4 Å². The summed E-state index contributed by atoms with van der Waals surface area (Å²) in [5.74, 6) is 0. The fourth-order valence-corrected chi connectivity index (χ4v) is 5.15. The molecule has 2 rings (SSSR count). The van der Waals surface area contributed by atoms with Gasteiger partial charge in [0, 0.05) is 18.0 Å². The number of hydrogen-bond donors (Lipinski definition) is 1. The van der Waals surface area contributed by atoms with Crippen LogP contribution in [0.3, 0.4) is 0 Å². The van der Waals surface area contributed by atoms with Crippen LogP contribution in [0.4, 0.5) is 0 Å². The summed E-state index contributed by atoms with van der Waals surface area (Å²) in [5.41, 5.74) is 0.988. The highest BCUT2D eigenvalue weighted by molar-refractivity contribution is 7.87. The maximum atomic E-state index is 12.6. The molecule has 1 aromatic rings. The van der Waals surface area contributed by atoms with Crippen molar-refractivity contribution in [3.8, 4) is 0 Å². The van der Waals surface area contributed by atoms with E-state index in [9.17, 15) is 8.42 Å². The van der Waals surface area contributed by atoms with E-state index in [1.54, 1.807) is 15.6 Å². The van der Waals surface area contributed by atoms with Gasteiger partial charge in [0.1, 0.15) is 5.01 Å². The minimum atomic E-state index is -3.42. The van der Waals surface area contributed by atoms with Crippen molar-refractivity contribution in [2.24, 2.45) is 0 Å². The van der Waals surface area contributed by atoms with Gasteiger partial charge in [-0.3, -0.25) is 0 Å². The van der Waals surface area contributed by atoms with E-state index in [0.29, 0.717) is 19.5 Å². The third kappa shape index (κ3) is 4.25. The molecule has 21 heavy (non-hydrogen) atoms. The van der Waals surface area contributed by atoms with Crippen LogP contribution in [0.1, 0.15) is 60.6 Å². The van der Waals surface area contributed by atoms with Crippen LogP contribution in [0.2, 0.25) is 0 Å². The number of rotatable bonds is 5. The predicted octanol–water partition coefficient (Wildman–Crippen LogP) is 2.92. The summed E-state index contributed by atoms with van der Waals surface area (Å²) >= 11 is 1.58. The minimum absolute atomic E-state index is 0.226. The van der Waals surface area contributed by atoms with E-state index in [-0.39, 0.29) is 6.04 Å². The molecule has 1 N–H and O–H groups in total. The number of thiazole rings is 1. The van der Waals surface area contributed by atoms with Gasteiger partial charge in [-0.1, -0.05) is 19.8 Å². The van der Waals surface area contributed by atoms with E-state index in [1.165, 1.54) is 0 Å². The van der Waals surface area contributed by atoms with Crippen molar-refractivity contribution in [2.45, 2.75) is 58.9 Å². The van der Waals surface area contributed by atoms with Crippen LogP contribution < -0.4 is 4.72 Å². The Hall–Kier alpha value is -0.500. The first-order chi connectivity index (χ1) is 9.94. The average Bonchev–Trinajstić information content (AvgIpc) is 2.68. The molecule has 1 unspecified atom stereocenters. The molecule has 1 fully saturated rings. The molecule has 0 amide bonds. The number of nitrogens with zero attached hydrogens (tertiary/aromatic N) is 2. The summed E-state index contributed by atoms with van der Waals surface area (Å²) in [6.45, 7) is 7.23. The van der Waals surface area contributed by atoms with Gasteiger partial charge >= 0.3 is 0 Å². The Morgan fingerprint density at radius 2 is 1.86 bits per heavy atom. The molecule has 0 bridgehead atoms. The molecular formula is C14H25N3O2S2. The largest absolute Gasteiger partial charge is 0.280 e. The Bertz CT molecular complexity index is 541. The molecule has 0 radical (unpaired) electrons. The molecule has 0 saturated carbocycles. The Balaban J connectivity index is 2.12. The third-order valence-corrected chi connectivity index (χ3v) is 6.76. The molecular weight excluding hydrogens is 306 g/mol. The standard InChI is InChI=1S/C14H25N3O2S2/c1-4-13(14-15-11(2)12(3)20-14)16-21(18,19)17-9-7-5-6-8-10-17/h13,16H,4-10H2,1-3H3. The maximum absolute atomic E-state index is 12.6. The lowest BCUT2D eigenvalue weighted by atomic mass is 10.2. The fourth-order valence-electron chi connectivity index (χ4n) is 2.49. The summed E-state index contributed by atoms with van der Waals surface area (Å²) < 4.78 is 29.6. The van der Waals surface area contributed by atoms with Crippen molar-refractivity contribution >= 4 is 21.5 Å². The number of aryl methyl sites for hydroxylation is 2. The van der Waals surface area contributed by atoms with Crippen LogP contribution in [-0.2, 0) is 10.2 Å². The van der Waals surface area contributed by atoms with Gasteiger partial charge in [0.05, 0.1) is 11.7 Å². The number of aromatic nitrogens is 1. The lowest BCUT2D eigenvalue weighted by molar-refractivity contribution is 0.406. The molecule has 1 aromatic heterocycles. The summed E-state index contributed by atoms with van der Waals surface area (Å²) in [6.07, 6.45) is 4.85. The van der Waals surface area contributed by atoms with Crippen molar-refractivity contribution in [1.29, 1.82) is 0 Å². The first kappa shape index (κ1) is 16.9. The Morgan fingerprint density at radius 1 is 1.24 bits per heavy atom. The van der Waals surface area contributed by atoms with Gasteiger partial charge in [0.15, 0.2) is 0 Å². The van der Waals surface area contributed by atoms with Crippen LogP contribution in [-0.4, -0.2) is 30.8 Å². The smallest absolute Gasteiger partial charge is 0.245 e. The SMILES string of the molecule is CCC(NS(=O)(=O)N1CCCCCC1)c1nc(C)c(C)s1. The summed E-state index contributed by atoms with van der Waals surface area (Å²) in [4.78, 5) is 5.65. The molecule has 0 aliphatic carbocycles. The Labute approximate surface area is 132 Å². The van der Waals surface area contributed by atoms with E-state index in [4.69, 9.17) is 0 Å². The Kier molecular flexibility index (Phi) is 5.76. The van der Waals surface area contributed by atoms with Gasteiger partial charge in [0.25, 0.3) is 10.2 Å². The van der Waals surface area contributed by atoms with Crippen LogP contribution >= 0.6 is 11.3 Å². The molecule has 120 valence electrons. The van der Waals surface area contributed by atoms with Crippen LogP contribution in [0.15, 0.2) is 0 Å². The first-order valence-corrected chi connectivity index (χ1v) is 9.91. The zero-order valence-electron chi connectivity index (χ0n) is 13.1. The third-order valence-electron chi connectivity index (χ3n) is 3.95. The molecule has 1 aliphatic heterocycles. The molecule has 1 saturated heterocycles. The molecule has 0 aromatic carbocycles. The zero-order valence-corrected chi connectivity index (χ0v) is 14.7. The van der Waals surface area contributed by atoms with Crippen molar-refractivity contribution in [1.82, 2.24) is 14.0 Å². The fraction of sp³-hybridized carbons (Fsp3) is 0.786. The first-order valence-electron chi connectivity index (χ1n) is 7.65. The van der Waals surface area contributed by atoms with Crippen LogP contribution in [0.25, 0.3) is 0 Å². The van der Waals surface area contributed by atoms with Crippen LogP contribution in [0, 0.1) is 13.8 Å². The second-order valence-electron chi connectivity index (χ2n) is 5.59. The highest BCUT2D eigenvalue weighted by Gasteiger charge is 2.27. The van der Waals surface area contributed by atoms with E-state index < -0.39 is 10.2 Å². The van der Waals surface area contributed by atoms with Crippen LogP contribution in [0.5, 0.6) is 0 Å². The van der Waals surface area contributed by atoms with Gasteiger partial charge in [0.2, 0.25) is 0 Å². The van der Waals surface area contributed by atoms with E-state index in [1.807, 2.05) is 20.8 Å². The van der Waals surface area contributed by atoms with Crippen molar-refractivity contribution in [3.63, 3.8) is 0 Å². The van der Waals surface area contributed by atoms with Gasteiger partial charge in [-0.15, -0.1) is 11.3 Å².